The average molecular weight is 477 g/mol. The third kappa shape index (κ3) is 4.64. The van der Waals surface area contributed by atoms with Gasteiger partial charge < -0.3 is 24.4 Å². The number of carbonyl (C=O) groups is 1. The zero-order valence-electron chi connectivity index (χ0n) is 20.8. The van der Waals surface area contributed by atoms with Crippen LogP contribution in [0.4, 0.5) is 5.69 Å². The van der Waals surface area contributed by atoms with Crippen LogP contribution in [-0.2, 0) is 4.79 Å². The first-order valence-electron chi connectivity index (χ1n) is 13.0. The highest BCUT2D eigenvalue weighted by Gasteiger charge is 2.49. The number of nitrogens with zero attached hydrogens (tertiary/aromatic N) is 2. The molecule has 186 valence electrons. The number of hydrogen-bond acceptors (Lipinski definition) is 5. The number of aliphatic hydroxyl groups is 1. The average Bonchev–Trinajstić information content (AvgIpc) is 3.35. The van der Waals surface area contributed by atoms with Crippen molar-refractivity contribution in [3.8, 4) is 11.5 Å². The van der Waals surface area contributed by atoms with Crippen molar-refractivity contribution in [2.24, 2.45) is 5.92 Å². The maximum atomic E-state index is 13.5. The van der Waals surface area contributed by atoms with Crippen molar-refractivity contribution < 1.29 is 19.4 Å². The summed E-state index contributed by atoms with van der Waals surface area (Å²) < 4.78 is 10.9. The number of hydrogen-bond donors (Lipinski definition) is 1. The molecule has 0 unspecified atom stereocenters. The summed E-state index contributed by atoms with van der Waals surface area (Å²) in [4.78, 5) is 17.8. The van der Waals surface area contributed by atoms with Crippen molar-refractivity contribution in [1.29, 1.82) is 0 Å². The summed E-state index contributed by atoms with van der Waals surface area (Å²) in [6.07, 6.45) is 8.04. The van der Waals surface area contributed by atoms with E-state index in [1.165, 1.54) is 5.69 Å². The molecule has 1 saturated heterocycles. The zero-order valence-corrected chi connectivity index (χ0v) is 20.8. The number of carbonyl (C=O) groups excluding carboxylic acids is 1. The zero-order chi connectivity index (χ0) is 24.4. The molecule has 1 aliphatic carbocycles. The number of piperidine rings is 1. The second-order valence-corrected chi connectivity index (χ2v) is 9.89. The highest BCUT2D eigenvalue weighted by Crippen LogP contribution is 2.49. The number of benzene rings is 2. The molecule has 1 saturated carbocycles. The fourth-order valence-corrected chi connectivity index (χ4v) is 6.09. The third-order valence-electron chi connectivity index (χ3n) is 8.03. The number of likely N-dealkylation sites (tertiary alicyclic amines) is 1. The van der Waals surface area contributed by atoms with Crippen LogP contribution in [0.2, 0.25) is 0 Å². The topological polar surface area (TPSA) is 62.2 Å². The van der Waals surface area contributed by atoms with Crippen LogP contribution >= 0.6 is 0 Å². The highest BCUT2D eigenvalue weighted by molar-refractivity contribution is 5.92. The molecular weight excluding hydrogens is 440 g/mol. The highest BCUT2D eigenvalue weighted by atomic mass is 16.7. The normalized spacial score (nSPS) is 25.5. The van der Waals surface area contributed by atoms with Crippen molar-refractivity contribution in [2.75, 3.05) is 31.3 Å². The summed E-state index contributed by atoms with van der Waals surface area (Å²) in [6, 6.07) is 14.2. The first kappa shape index (κ1) is 23.7. The van der Waals surface area contributed by atoms with Crippen molar-refractivity contribution in [3.05, 3.63) is 59.7 Å². The van der Waals surface area contributed by atoms with Crippen molar-refractivity contribution in [1.82, 2.24) is 4.90 Å². The van der Waals surface area contributed by atoms with Crippen LogP contribution in [0.5, 0.6) is 11.5 Å². The van der Waals surface area contributed by atoms with Gasteiger partial charge >= 0.3 is 0 Å². The van der Waals surface area contributed by atoms with E-state index >= 15 is 0 Å². The smallest absolute Gasteiger partial charge is 0.247 e. The van der Waals surface area contributed by atoms with Crippen molar-refractivity contribution >= 4 is 17.7 Å². The molecule has 0 bridgehead atoms. The van der Waals surface area contributed by atoms with E-state index in [2.05, 4.69) is 43.0 Å². The fraction of sp³-hybridized carbons (Fsp3) is 0.483. The van der Waals surface area contributed by atoms with Crippen LogP contribution < -0.4 is 14.4 Å². The minimum Gasteiger partial charge on any atom is -0.454 e. The second kappa shape index (κ2) is 9.94. The molecule has 1 N–H and O–H groups in total. The molecule has 5 rings (SSSR count). The number of fused-ring (bicyclic) bond motifs is 2. The second-order valence-electron chi connectivity index (χ2n) is 9.89. The number of rotatable bonds is 6. The first-order valence-corrected chi connectivity index (χ1v) is 13.0. The summed E-state index contributed by atoms with van der Waals surface area (Å²) in [5.74, 6) is 1.46. The maximum absolute atomic E-state index is 13.5. The van der Waals surface area contributed by atoms with Crippen LogP contribution in [-0.4, -0.2) is 47.9 Å². The summed E-state index contributed by atoms with van der Waals surface area (Å²) in [7, 11) is 0. The Morgan fingerprint density at radius 3 is 2.63 bits per heavy atom. The van der Waals surface area contributed by atoms with E-state index in [0.717, 1.165) is 55.6 Å². The molecule has 2 aliphatic heterocycles. The van der Waals surface area contributed by atoms with Gasteiger partial charge in [-0.1, -0.05) is 31.0 Å². The van der Waals surface area contributed by atoms with Gasteiger partial charge in [-0.2, -0.15) is 0 Å². The molecule has 35 heavy (non-hydrogen) atoms. The van der Waals surface area contributed by atoms with Gasteiger partial charge in [0.1, 0.15) is 0 Å². The van der Waals surface area contributed by atoms with E-state index in [4.69, 9.17) is 9.47 Å². The number of amides is 1. The van der Waals surface area contributed by atoms with E-state index in [9.17, 15) is 9.90 Å². The quantitative estimate of drug-likeness (QED) is 0.583. The molecular formula is C29H36N2O4. The molecule has 2 fully saturated rings. The van der Waals surface area contributed by atoms with Gasteiger partial charge in [-0.15, -0.1) is 0 Å². The van der Waals surface area contributed by atoms with Gasteiger partial charge in [-0.05, 0) is 74.6 Å². The predicted molar refractivity (Wildman–Crippen MR) is 138 cm³/mol. The summed E-state index contributed by atoms with van der Waals surface area (Å²) in [6.45, 7) is 7.02. The van der Waals surface area contributed by atoms with E-state index < -0.39 is 5.60 Å². The Kier molecular flexibility index (Phi) is 6.74. The monoisotopic (exact) mass is 476 g/mol. The Bertz CT molecular complexity index is 1080. The lowest BCUT2D eigenvalue weighted by Crippen LogP contribution is -2.56. The van der Waals surface area contributed by atoms with E-state index in [0.29, 0.717) is 18.7 Å². The van der Waals surface area contributed by atoms with Crippen LogP contribution in [0.1, 0.15) is 63.1 Å². The lowest BCUT2D eigenvalue weighted by Gasteiger charge is -2.52. The van der Waals surface area contributed by atoms with Gasteiger partial charge in [0.05, 0.1) is 11.6 Å². The van der Waals surface area contributed by atoms with Gasteiger partial charge in [-0.25, -0.2) is 0 Å². The Hall–Kier alpha value is -2.99. The largest absolute Gasteiger partial charge is 0.454 e. The fourth-order valence-electron chi connectivity index (χ4n) is 6.09. The molecule has 3 aliphatic rings. The Labute approximate surface area is 208 Å². The van der Waals surface area contributed by atoms with Gasteiger partial charge in [0.2, 0.25) is 12.7 Å². The Morgan fingerprint density at radius 2 is 1.86 bits per heavy atom. The lowest BCUT2D eigenvalue weighted by atomic mass is 9.66. The van der Waals surface area contributed by atoms with Gasteiger partial charge in [0.15, 0.2) is 11.5 Å². The maximum Gasteiger partial charge on any atom is 0.247 e. The van der Waals surface area contributed by atoms with Crippen LogP contribution in [0.25, 0.3) is 6.08 Å². The minimum atomic E-state index is -0.696. The minimum absolute atomic E-state index is 0.0203. The predicted octanol–water partition coefficient (Wildman–Crippen LogP) is 5.17. The van der Waals surface area contributed by atoms with Crippen LogP contribution in [0.3, 0.4) is 0 Å². The summed E-state index contributed by atoms with van der Waals surface area (Å²) >= 11 is 0. The third-order valence-corrected chi connectivity index (χ3v) is 8.03. The van der Waals surface area contributed by atoms with E-state index in [1.54, 1.807) is 6.08 Å². The Morgan fingerprint density at radius 1 is 1.09 bits per heavy atom. The van der Waals surface area contributed by atoms with Gasteiger partial charge in [-0.3, -0.25) is 4.79 Å². The van der Waals surface area contributed by atoms with E-state index in [1.807, 2.05) is 29.2 Å². The van der Waals surface area contributed by atoms with Crippen molar-refractivity contribution in [3.63, 3.8) is 0 Å². The van der Waals surface area contributed by atoms with Gasteiger partial charge in [0, 0.05) is 37.3 Å². The lowest BCUT2D eigenvalue weighted by molar-refractivity contribution is -0.150. The Balaban J connectivity index is 1.42. The molecule has 1 amide bonds. The molecule has 6 heteroatoms. The molecule has 6 nitrogen and oxygen atoms in total. The van der Waals surface area contributed by atoms with Crippen molar-refractivity contribution in [2.45, 2.75) is 57.6 Å². The molecule has 3 atom stereocenters. The number of anilines is 1. The molecule has 2 aromatic rings. The van der Waals surface area contributed by atoms with Gasteiger partial charge in [0.25, 0.3) is 0 Å². The van der Waals surface area contributed by atoms with E-state index in [-0.39, 0.29) is 24.7 Å². The molecule has 0 spiro atoms. The molecule has 0 radical (unpaired) electrons. The summed E-state index contributed by atoms with van der Waals surface area (Å²) in [5, 5.41) is 11.5. The SMILES string of the molecule is CCN(CC)c1ccc([C@H]2[C@H]3CCCC[C@@]3(O)CCN2C(=O)/C=C/c2ccc3c(c2)OCO3)cc1. The standard InChI is InChI=1S/C29H36N2O4/c1-3-30(4-2)23-12-10-22(11-13-23)28-24-7-5-6-16-29(24,33)17-18-31(28)27(32)15-9-21-8-14-25-26(19-21)35-20-34-25/h8-15,19,24,28,33H,3-7,16-18,20H2,1-2H3/b15-9+/t24-,28+,29-/m1/s1. The summed E-state index contributed by atoms with van der Waals surface area (Å²) in [5.41, 5.74) is 2.50. The number of ether oxygens (including phenoxy) is 2. The molecule has 2 aromatic carbocycles. The van der Waals surface area contributed by atoms with Crippen LogP contribution in [0.15, 0.2) is 48.5 Å². The molecule has 0 aromatic heterocycles. The van der Waals surface area contributed by atoms with Crippen LogP contribution in [0, 0.1) is 5.92 Å². The molecule has 2 heterocycles. The first-order chi connectivity index (χ1) is 17.0.